The number of nitriles is 1. The second-order valence-electron chi connectivity index (χ2n) is 3.05. The summed E-state index contributed by atoms with van der Waals surface area (Å²) in [6.45, 7) is 0.659. The van der Waals surface area contributed by atoms with E-state index in [1.54, 1.807) is 24.3 Å². The predicted molar refractivity (Wildman–Crippen MR) is 59.7 cm³/mol. The van der Waals surface area contributed by atoms with E-state index in [1.807, 2.05) is 6.07 Å². The summed E-state index contributed by atoms with van der Waals surface area (Å²) >= 11 is 0. The molecule has 1 rings (SSSR count). The number of carbonyl (C=O) groups excluding carboxylic acids is 1. The van der Waals surface area contributed by atoms with Gasteiger partial charge in [0.2, 0.25) is 5.91 Å². The topological polar surface area (TPSA) is 88.1 Å². The van der Waals surface area contributed by atoms with Crippen LogP contribution in [0, 0.1) is 11.3 Å². The molecule has 0 fully saturated rings. The maximum absolute atomic E-state index is 11.4. The SMILES string of the molecule is N#Cc1ccccc1NC(=O)COCCN. The Balaban J connectivity index is 2.53. The fourth-order valence-electron chi connectivity index (χ4n) is 1.12. The summed E-state index contributed by atoms with van der Waals surface area (Å²) in [4.78, 5) is 11.4. The highest BCUT2D eigenvalue weighted by Crippen LogP contribution is 2.12. The van der Waals surface area contributed by atoms with E-state index >= 15 is 0 Å². The molecule has 5 nitrogen and oxygen atoms in total. The van der Waals surface area contributed by atoms with Gasteiger partial charge in [0.25, 0.3) is 0 Å². The van der Waals surface area contributed by atoms with Crippen LogP contribution >= 0.6 is 0 Å². The van der Waals surface area contributed by atoms with E-state index in [0.29, 0.717) is 24.4 Å². The summed E-state index contributed by atoms with van der Waals surface area (Å²) < 4.78 is 4.97. The molecule has 1 aromatic rings. The first-order valence-electron chi connectivity index (χ1n) is 4.84. The largest absolute Gasteiger partial charge is 0.370 e. The first kappa shape index (κ1) is 12.2. The van der Waals surface area contributed by atoms with Crippen molar-refractivity contribution >= 4 is 11.6 Å². The molecule has 0 atom stereocenters. The summed E-state index contributed by atoms with van der Waals surface area (Å²) in [7, 11) is 0. The summed E-state index contributed by atoms with van der Waals surface area (Å²) in [6, 6.07) is 8.78. The van der Waals surface area contributed by atoms with Gasteiger partial charge in [-0.3, -0.25) is 4.79 Å². The standard InChI is InChI=1S/C11H13N3O2/c12-5-6-16-8-11(15)14-10-4-2-1-3-9(10)7-13/h1-4H,5-6,8,12H2,(H,14,15). The lowest BCUT2D eigenvalue weighted by atomic mass is 10.2. The van der Waals surface area contributed by atoms with Crippen LogP contribution in [0.3, 0.4) is 0 Å². The number of hydrogen-bond acceptors (Lipinski definition) is 4. The highest BCUT2D eigenvalue weighted by Gasteiger charge is 2.05. The Morgan fingerprint density at radius 3 is 2.94 bits per heavy atom. The average molecular weight is 219 g/mol. The molecule has 0 saturated heterocycles. The number of rotatable bonds is 5. The van der Waals surface area contributed by atoms with Crippen LogP contribution in [0.4, 0.5) is 5.69 Å². The van der Waals surface area contributed by atoms with E-state index in [-0.39, 0.29) is 12.5 Å². The van der Waals surface area contributed by atoms with Crippen LogP contribution in [0.15, 0.2) is 24.3 Å². The molecule has 0 radical (unpaired) electrons. The Labute approximate surface area is 93.8 Å². The zero-order chi connectivity index (χ0) is 11.8. The average Bonchev–Trinajstić information content (AvgIpc) is 2.30. The Morgan fingerprint density at radius 2 is 2.25 bits per heavy atom. The van der Waals surface area contributed by atoms with Crippen molar-refractivity contribution in [2.75, 3.05) is 25.1 Å². The van der Waals surface area contributed by atoms with Gasteiger partial charge in [-0.1, -0.05) is 12.1 Å². The van der Waals surface area contributed by atoms with Crippen molar-refractivity contribution in [3.05, 3.63) is 29.8 Å². The molecule has 0 aliphatic rings. The number of benzene rings is 1. The highest BCUT2D eigenvalue weighted by atomic mass is 16.5. The smallest absolute Gasteiger partial charge is 0.250 e. The molecule has 0 aromatic heterocycles. The van der Waals surface area contributed by atoms with Crippen LogP contribution in [0.25, 0.3) is 0 Å². The molecule has 0 spiro atoms. The number of nitrogens with one attached hydrogen (secondary N) is 1. The van der Waals surface area contributed by atoms with E-state index in [2.05, 4.69) is 5.32 Å². The van der Waals surface area contributed by atoms with Crippen LogP contribution in [-0.4, -0.2) is 25.7 Å². The molecule has 5 heteroatoms. The third kappa shape index (κ3) is 3.69. The van der Waals surface area contributed by atoms with E-state index in [4.69, 9.17) is 15.7 Å². The number of para-hydroxylation sites is 1. The Kier molecular flexibility index (Phi) is 4.99. The van der Waals surface area contributed by atoms with Crippen molar-refractivity contribution < 1.29 is 9.53 Å². The first-order chi connectivity index (χ1) is 7.77. The number of carbonyl (C=O) groups is 1. The third-order valence-corrected chi connectivity index (χ3v) is 1.82. The Bertz CT molecular complexity index is 398. The van der Waals surface area contributed by atoms with Crippen LogP contribution in [0.1, 0.15) is 5.56 Å². The zero-order valence-electron chi connectivity index (χ0n) is 8.77. The van der Waals surface area contributed by atoms with Crippen molar-refractivity contribution in [3.63, 3.8) is 0 Å². The van der Waals surface area contributed by atoms with Crippen molar-refractivity contribution in [3.8, 4) is 6.07 Å². The van der Waals surface area contributed by atoms with Gasteiger partial charge in [-0.2, -0.15) is 5.26 Å². The van der Waals surface area contributed by atoms with E-state index in [0.717, 1.165) is 0 Å². The molecule has 1 aromatic carbocycles. The number of nitrogens with zero attached hydrogens (tertiary/aromatic N) is 1. The van der Waals surface area contributed by atoms with Gasteiger partial charge in [0.15, 0.2) is 0 Å². The molecular formula is C11H13N3O2. The molecule has 0 aliphatic heterocycles. The number of hydrogen-bond donors (Lipinski definition) is 2. The van der Waals surface area contributed by atoms with Gasteiger partial charge in [0.1, 0.15) is 12.7 Å². The van der Waals surface area contributed by atoms with Gasteiger partial charge in [-0.15, -0.1) is 0 Å². The van der Waals surface area contributed by atoms with Gasteiger partial charge >= 0.3 is 0 Å². The minimum Gasteiger partial charge on any atom is -0.370 e. The van der Waals surface area contributed by atoms with Gasteiger partial charge in [-0.25, -0.2) is 0 Å². The van der Waals surface area contributed by atoms with Gasteiger partial charge in [0, 0.05) is 6.54 Å². The lowest BCUT2D eigenvalue weighted by Crippen LogP contribution is -2.21. The normalized spacial score (nSPS) is 9.50. The van der Waals surface area contributed by atoms with Crippen molar-refractivity contribution in [1.82, 2.24) is 0 Å². The van der Waals surface area contributed by atoms with Crippen molar-refractivity contribution in [2.45, 2.75) is 0 Å². The summed E-state index contributed by atoms with van der Waals surface area (Å²) in [5.41, 5.74) is 6.13. The van der Waals surface area contributed by atoms with Gasteiger partial charge in [-0.05, 0) is 12.1 Å². The predicted octanol–water partition coefficient (Wildman–Crippen LogP) is 0.472. The summed E-state index contributed by atoms with van der Waals surface area (Å²) in [5.74, 6) is -0.295. The number of amides is 1. The quantitative estimate of drug-likeness (QED) is 0.705. The second kappa shape index (κ2) is 6.56. The lowest BCUT2D eigenvalue weighted by Gasteiger charge is -2.06. The summed E-state index contributed by atoms with van der Waals surface area (Å²) in [6.07, 6.45) is 0. The van der Waals surface area contributed by atoms with E-state index in [1.165, 1.54) is 0 Å². The fraction of sp³-hybridized carbons (Fsp3) is 0.273. The van der Waals surface area contributed by atoms with E-state index < -0.39 is 0 Å². The Morgan fingerprint density at radius 1 is 1.50 bits per heavy atom. The molecule has 0 saturated carbocycles. The van der Waals surface area contributed by atoms with Crippen molar-refractivity contribution in [2.24, 2.45) is 5.73 Å². The molecule has 0 heterocycles. The summed E-state index contributed by atoms with van der Waals surface area (Å²) in [5, 5.41) is 11.4. The Hall–Kier alpha value is -1.90. The molecule has 84 valence electrons. The van der Waals surface area contributed by atoms with Gasteiger partial charge in [0.05, 0.1) is 17.9 Å². The highest BCUT2D eigenvalue weighted by molar-refractivity contribution is 5.92. The number of nitrogens with two attached hydrogens (primary N) is 1. The minimum absolute atomic E-state index is 0.0586. The zero-order valence-corrected chi connectivity index (χ0v) is 8.77. The van der Waals surface area contributed by atoms with Crippen LogP contribution in [0.5, 0.6) is 0 Å². The van der Waals surface area contributed by atoms with Crippen LogP contribution in [-0.2, 0) is 9.53 Å². The minimum atomic E-state index is -0.295. The number of anilines is 1. The molecule has 1 amide bonds. The maximum Gasteiger partial charge on any atom is 0.250 e. The first-order valence-corrected chi connectivity index (χ1v) is 4.84. The van der Waals surface area contributed by atoms with Crippen molar-refractivity contribution in [1.29, 1.82) is 5.26 Å². The maximum atomic E-state index is 11.4. The number of ether oxygens (including phenoxy) is 1. The third-order valence-electron chi connectivity index (χ3n) is 1.82. The fourth-order valence-corrected chi connectivity index (χ4v) is 1.12. The molecule has 16 heavy (non-hydrogen) atoms. The molecule has 3 N–H and O–H groups in total. The molecular weight excluding hydrogens is 206 g/mol. The van der Waals surface area contributed by atoms with Gasteiger partial charge < -0.3 is 15.8 Å². The second-order valence-corrected chi connectivity index (χ2v) is 3.05. The van der Waals surface area contributed by atoms with Crippen LogP contribution < -0.4 is 11.1 Å². The molecule has 0 unspecified atom stereocenters. The van der Waals surface area contributed by atoms with E-state index in [9.17, 15) is 4.79 Å². The lowest BCUT2D eigenvalue weighted by molar-refractivity contribution is -0.120. The van der Waals surface area contributed by atoms with Crippen LogP contribution in [0.2, 0.25) is 0 Å². The monoisotopic (exact) mass is 219 g/mol. The molecule has 0 aliphatic carbocycles. The molecule has 0 bridgehead atoms.